The Bertz CT molecular complexity index is 789. The Labute approximate surface area is 161 Å². The SMILES string of the molecule is CCC(C(=O)NC)N(Cc1cccc(C)c1)C(=O)COc1cccc(C)c1. The van der Waals surface area contributed by atoms with Crippen molar-refractivity contribution < 1.29 is 14.3 Å². The third kappa shape index (κ3) is 5.84. The maximum Gasteiger partial charge on any atom is 0.261 e. The number of aryl methyl sites for hydroxylation is 2. The summed E-state index contributed by atoms with van der Waals surface area (Å²) >= 11 is 0. The zero-order valence-electron chi connectivity index (χ0n) is 16.5. The van der Waals surface area contributed by atoms with E-state index in [0.29, 0.717) is 18.7 Å². The summed E-state index contributed by atoms with van der Waals surface area (Å²) in [5.41, 5.74) is 3.17. The van der Waals surface area contributed by atoms with E-state index in [2.05, 4.69) is 5.32 Å². The van der Waals surface area contributed by atoms with Crippen molar-refractivity contribution in [2.75, 3.05) is 13.7 Å². The van der Waals surface area contributed by atoms with Gasteiger partial charge in [0.15, 0.2) is 6.61 Å². The first-order chi connectivity index (χ1) is 12.9. The van der Waals surface area contributed by atoms with Crippen LogP contribution >= 0.6 is 0 Å². The molecule has 0 bridgehead atoms. The minimum Gasteiger partial charge on any atom is -0.484 e. The second-order valence-electron chi connectivity index (χ2n) is 6.65. The minimum absolute atomic E-state index is 0.108. The summed E-state index contributed by atoms with van der Waals surface area (Å²) in [6.07, 6.45) is 0.529. The van der Waals surface area contributed by atoms with Gasteiger partial charge in [-0.2, -0.15) is 0 Å². The molecular weight excluding hydrogens is 340 g/mol. The molecule has 0 aliphatic heterocycles. The molecule has 2 aromatic carbocycles. The van der Waals surface area contributed by atoms with E-state index >= 15 is 0 Å². The first-order valence-corrected chi connectivity index (χ1v) is 9.20. The first kappa shape index (κ1) is 20.5. The van der Waals surface area contributed by atoms with E-state index in [0.717, 1.165) is 16.7 Å². The highest BCUT2D eigenvalue weighted by molar-refractivity contribution is 5.88. The molecule has 0 heterocycles. The molecule has 5 nitrogen and oxygen atoms in total. The fraction of sp³-hybridized carbons (Fsp3) is 0.364. The lowest BCUT2D eigenvalue weighted by molar-refractivity contribution is -0.142. The number of hydrogen-bond acceptors (Lipinski definition) is 3. The molecule has 0 radical (unpaired) electrons. The monoisotopic (exact) mass is 368 g/mol. The van der Waals surface area contributed by atoms with Gasteiger partial charge in [0.25, 0.3) is 5.91 Å². The highest BCUT2D eigenvalue weighted by Crippen LogP contribution is 2.16. The van der Waals surface area contributed by atoms with Gasteiger partial charge in [0.1, 0.15) is 11.8 Å². The summed E-state index contributed by atoms with van der Waals surface area (Å²) < 4.78 is 5.68. The smallest absolute Gasteiger partial charge is 0.261 e. The van der Waals surface area contributed by atoms with Crippen molar-refractivity contribution in [1.82, 2.24) is 10.2 Å². The third-order valence-corrected chi connectivity index (χ3v) is 4.42. The van der Waals surface area contributed by atoms with Crippen LogP contribution in [0.15, 0.2) is 48.5 Å². The van der Waals surface area contributed by atoms with Crippen LogP contribution in [0.4, 0.5) is 0 Å². The van der Waals surface area contributed by atoms with Gasteiger partial charge in [-0.1, -0.05) is 48.9 Å². The molecule has 0 aliphatic rings. The van der Waals surface area contributed by atoms with Crippen LogP contribution in [0.1, 0.15) is 30.0 Å². The number of nitrogens with zero attached hydrogens (tertiary/aromatic N) is 1. The van der Waals surface area contributed by atoms with Gasteiger partial charge in [0.2, 0.25) is 5.91 Å². The molecule has 27 heavy (non-hydrogen) atoms. The fourth-order valence-corrected chi connectivity index (χ4v) is 3.03. The van der Waals surface area contributed by atoms with Gasteiger partial charge >= 0.3 is 0 Å². The van der Waals surface area contributed by atoms with E-state index in [9.17, 15) is 9.59 Å². The molecule has 0 aliphatic carbocycles. The molecule has 0 spiro atoms. The van der Waals surface area contributed by atoms with Gasteiger partial charge in [0, 0.05) is 13.6 Å². The lowest BCUT2D eigenvalue weighted by Crippen LogP contribution is -2.49. The van der Waals surface area contributed by atoms with Crippen molar-refractivity contribution in [3.05, 3.63) is 65.2 Å². The number of carbonyl (C=O) groups excluding carboxylic acids is 2. The zero-order valence-corrected chi connectivity index (χ0v) is 16.5. The third-order valence-electron chi connectivity index (χ3n) is 4.42. The van der Waals surface area contributed by atoms with Crippen molar-refractivity contribution >= 4 is 11.8 Å². The summed E-state index contributed by atoms with van der Waals surface area (Å²) in [6.45, 7) is 6.13. The largest absolute Gasteiger partial charge is 0.484 e. The Morgan fingerprint density at radius 1 is 1.07 bits per heavy atom. The summed E-state index contributed by atoms with van der Waals surface area (Å²) in [6, 6.07) is 15.0. The standard InChI is InChI=1S/C22H28N2O3/c1-5-20(22(26)23-4)24(14-18-10-6-8-16(2)12-18)21(25)15-27-19-11-7-9-17(3)13-19/h6-13,20H,5,14-15H2,1-4H3,(H,23,26). The molecule has 1 unspecified atom stereocenters. The summed E-state index contributed by atoms with van der Waals surface area (Å²) in [4.78, 5) is 26.9. The Morgan fingerprint density at radius 2 is 1.74 bits per heavy atom. The van der Waals surface area contributed by atoms with Crippen LogP contribution in [0.3, 0.4) is 0 Å². The summed E-state index contributed by atoms with van der Waals surface area (Å²) in [5.74, 6) is 0.259. The maximum absolute atomic E-state index is 12.9. The molecule has 2 rings (SSSR count). The molecule has 1 N–H and O–H groups in total. The van der Waals surface area contributed by atoms with Crippen LogP contribution in [0.25, 0.3) is 0 Å². The molecular formula is C22H28N2O3. The quantitative estimate of drug-likeness (QED) is 0.778. The molecule has 2 amide bonds. The fourth-order valence-electron chi connectivity index (χ4n) is 3.03. The second kappa shape index (κ2) is 9.76. The van der Waals surface area contributed by atoms with Crippen molar-refractivity contribution in [3.8, 4) is 5.75 Å². The molecule has 0 aromatic heterocycles. The predicted molar refractivity (Wildman–Crippen MR) is 107 cm³/mol. The first-order valence-electron chi connectivity index (χ1n) is 9.20. The average Bonchev–Trinajstić information content (AvgIpc) is 2.65. The van der Waals surface area contributed by atoms with E-state index in [1.54, 1.807) is 11.9 Å². The number of carbonyl (C=O) groups is 2. The number of hydrogen-bond donors (Lipinski definition) is 1. The topological polar surface area (TPSA) is 58.6 Å². The van der Waals surface area contributed by atoms with Gasteiger partial charge in [-0.15, -0.1) is 0 Å². The van der Waals surface area contributed by atoms with Gasteiger partial charge in [0.05, 0.1) is 0 Å². The summed E-state index contributed by atoms with van der Waals surface area (Å²) in [5, 5.41) is 2.66. The van der Waals surface area contributed by atoms with Crippen LogP contribution < -0.4 is 10.1 Å². The van der Waals surface area contributed by atoms with E-state index in [1.165, 1.54) is 0 Å². The molecule has 5 heteroatoms. The molecule has 0 saturated carbocycles. The van der Waals surface area contributed by atoms with Crippen LogP contribution in [0.2, 0.25) is 0 Å². The number of benzene rings is 2. The molecule has 0 saturated heterocycles. The van der Waals surface area contributed by atoms with Crippen LogP contribution in [0, 0.1) is 13.8 Å². The van der Waals surface area contributed by atoms with Gasteiger partial charge in [-0.05, 0) is 43.5 Å². The van der Waals surface area contributed by atoms with Crippen LogP contribution in [-0.4, -0.2) is 36.4 Å². The molecule has 0 fully saturated rings. The Balaban J connectivity index is 2.18. The van der Waals surface area contributed by atoms with Crippen molar-refractivity contribution in [1.29, 1.82) is 0 Å². The van der Waals surface area contributed by atoms with Crippen LogP contribution in [0.5, 0.6) is 5.75 Å². The number of rotatable bonds is 8. The van der Waals surface area contributed by atoms with Crippen molar-refractivity contribution in [2.45, 2.75) is 39.8 Å². The van der Waals surface area contributed by atoms with E-state index in [-0.39, 0.29) is 18.4 Å². The highest BCUT2D eigenvalue weighted by Gasteiger charge is 2.28. The Morgan fingerprint density at radius 3 is 2.33 bits per heavy atom. The average molecular weight is 368 g/mol. The molecule has 1 atom stereocenters. The Kier molecular flexibility index (Phi) is 7.41. The van der Waals surface area contributed by atoms with E-state index < -0.39 is 6.04 Å². The van der Waals surface area contributed by atoms with Gasteiger partial charge in [-0.25, -0.2) is 0 Å². The van der Waals surface area contributed by atoms with Crippen molar-refractivity contribution in [2.24, 2.45) is 0 Å². The van der Waals surface area contributed by atoms with Gasteiger partial charge in [-0.3, -0.25) is 9.59 Å². The molecule has 144 valence electrons. The lowest BCUT2D eigenvalue weighted by Gasteiger charge is -2.30. The van der Waals surface area contributed by atoms with Crippen molar-refractivity contribution in [3.63, 3.8) is 0 Å². The minimum atomic E-state index is -0.538. The van der Waals surface area contributed by atoms with E-state index in [4.69, 9.17) is 4.74 Å². The van der Waals surface area contributed by atoms with Crippen LogP contribution in [-0.2, 0) is 16.1 Å². The maximum atomic E-state index is 12.9. The van der Waals surface area contributed by atoms with E-state index in [1.807, 2.05) is 69.3 Å². The number of amides is 2. The summed E-state index contributed by atoms with van der Waals surface area (Å²) in [7, 11) is 1.59. The second-order valence-corrected chi connectivity index (χ2v) is 6.65. The lowest BCUT2D eigenvalue weighted by atomic mass is 10.1. The number of likely N-dealkylation sites (N-methyl/N-ethyl adjacent to an activating group) is 1. The normalized spacial score (nSPS) is 11.6. The number of nitrogens with one attached hydrogen (secondary N) is 1. The zero-order chi connectivity index (χ0) is 19.8. The predicted octanol–water partition coefficient (Wildman–Crippen LogP) is 3.24. The van der Waals surface area contributed by atoms with Gasteiger partial charge < -0.3 is 15.0 Å². The number of ether oxygens (including phenoxy) is 1. The highest BCUT2D eigenvalue weighted by atomic mass is 16.5. The Hall–Kier alpha value is -2.82. The molecule has 2 aromatic rings.